The zero-order chi connectivity index (χ0) is 21.3. The molecular formula is C28H18O2S2. The van der Waals surface area contributed by atoms with Crippen molar-refractivity contribution >= 4 is 22.7 Å². The van der Waals surface area contributed by atoms with E-state index in [2.05, 4.69) is 59.3 Å². The largest absolute Gasteiger partial charge is 0.455 e. The highest BCUT2D eigenvalue weighted by molar-refractivity contribution is 7.13. The van der Waals surface area contributed by atoms with E-state index in [1.807, 2.05) is 48.5 Å². The summed E-state index contributed by atoms with van der Waals surface area (Å²) in [5, 5.41) is 4.14. The molecule has 0 spiro atoms. The van der Waals surface area contributed by atoms with Crippen molar-refractivity contribution in [1.29, 1.82) is 0 Å². The molecule has 0 amide bonds. The maximum absolute atomic E-state index is 6.46. The van der Waals surface area contributed by atoms with E-state index in [1.54, 1.807) is 22.7 Å². The molecule has 4 heterocycles. The highest BCUT2D eigenvalue weighted by Crippen LogP contribution is 2.46. The van der Waals surface area contributed by atoms with Gasteiger partial charge in [-0.25, -0.2) is 0 Å². The first-order chi connectivity index (χ1) is 15.9. The van der Waals surface area contributed by atoms with Crippen LogP contribution in [-0.2, 0) is 0 Å². The van der Waals surface area contributed by atoms with Crippen LogP contribution < -0.4 is 0 Å². The average molecular weight is 451 g/mol. The lowest BCUT2D eigenvalue weighted by molar-refractivity contribution is 0.596. The molecule has 0 fully saturated rings. The van der Waals surface area contributed by atoms with Gasteiger partial charge in [0.05, 0.1) is 9.75 Å². The van der Waals surface area contributed by atoms with E-state index in [0.29, 0.717) is 0 Å². The maximum atomic E-state index is 6.46. The minimum atomic E-state index is 0.852. The van der Waals surface area contributed by atoms with Crippen LogP contribution in [0.3, 0.4) is 0 Å². The van der Waals surface area contributed by atoms with Crippen LogP contribution in [0.5, 0.6) is 0 Å². The Labute approximate surface area is 194 Å². The lowest BCUT2D eigenvalue weighted by atomic mass is 9.99. The number of furan rings is 2. The van der Waals surface area contributed by atoms with Crippen molar-refractivity contribution in [3.05, 3.63) is 108 Å². The van der Waals surface area contributed by atoms with E-state index in [-0.39, 0.29) is 0 Å². The fourth-order valence-corrected chi connectivity index (χ4v) is 5.23. The van der Waals surface area contributed by atoms with Crippen LogP contribution in [0.15, 0.2) is 117 Å². The summed E-state index contributed by atoms with van der Waals surface area (Å²) in [4.78, 5) is 2.22. The Morgan fingerprint density at radius 3 is 1.28 bits per heavy atom. The van der Waals surface area contributed by atoms with Crippen molar-refractivity contribution in [2.75, 3.05) is 0 Å². The number of hydrogen-bond acceptors (Lipinski definition) is 4. The minimum absolute atomic E-state index is 0.852. The molecule has 0 aliphatic carbocycles. The Hall–Kier alpha value is -3.60. The normalized spacial score (nSPS) is 11.1. The third kappa shape index (κ3) is 3.44. The topological polar surface area (TPSA) is 26.3 Å². The molecule has 4 aromatic heterocycles. The van der Waals surface area contributed by atoms with Gasteiger partial charge in [-0.3, -0.25) is 0 Å². The Balaban J connectivity index is 1.61. The third-order valence-corrected chi connectivity index (χ3v) is 7.12. The highest BCUT2D eigenvalue weighted by Gasteiger charge is 2.23. The van der Waals surface area contributed by atoms with Gasteiger partial charge in [-0.2, -0.15) is 0 Å². The summed E-state index contributed by atoms with van der Waals surface area (Å²) in [5.41, 5.74) is 4.15. The van der Waals surface area contributed by atoms with Crippen molar-refractivity contribution < 1.29 is 8.83 Å². The van der Waals surface area contributed by atoms with Crippen LogP contribution in [0.2, 0.25) is 0 Å². The first-order valence-corrected chi connectivity index (χ1v) is 12.1. The molecule has 2 aromatic carbocycles. The average Bonchev–Trinajstić information content (AvgIpc) is 3.64. The second-order valence-electron chi connectivity index (χ2n) is 7.39. The zero-order valence-electron chi connectivity index (χ0n) is 17.0. The Morgan fingerprint density at radius 2 is 0.906 bits per heavy atom. The van der Waals surface area contributed by atoms with Gasteiger partial charge in [0.2, 0.25) is 0 Å². The molecule has 0 atom stereocenters. The lowest BCUT2D eigenvalue weighted by Gasteiger charge is -2.04. The fraction of sp³-hybridized carbons (Fsp3) is 0. The van der Waals surface area contributed by atoms with Crippen molar-refractivity contribution in [1.82, 2.24) is 0 Å². The quantitative estimate of drug-likeness (QED) is 0.261. The van der Waals surface area contributed by atoms with Crippen molar-refractivity contribution in [2.45, 2.75) is 0 Å². The standard InChI is InChI=1S/C28H18O2S2/c1-3-9-19(10-4-1)27-21(17-23(29-27)25-13-7-15-31-25)22-18-24(26-14-8-16-32-26)30-28(22)20-11-5-2-6-12-20/h1-18H. The summed E-state index contributed by atoms with van der Waals surface area (Å²) < 4.78 is 12.9. The Kier molecular flexibility index (Phi) is 4.87. The third-order valence-electron chi connectivity index (χ3n) is 5.35. The summed E-state index contributed by atoms with van der Waals surface area (Å²) in [7, 11) is 0. The second kappa shape index (κ2) is 8.15. The number of benzene rings is 2. The van der Waals surface area contributed by atoms with Gasteiger partial charge in [-0.05, 0) is 35.0 Å². The fourth-order valence-electron chi connectivity index (χ4n) is 3.87. The monoisotopic (exact) mass is 450 g/mol. The predicted molar refractivity (Wildman–Crippen MR) is 134 cm³/mol. The van der Waals surface area contributed by atoms with Crippen LogP contribution in [0.4, 0.5) is 0 Å². The van der Waals surface area contributed by atoms with E-state index in [0.717, 1.165) is 55.0 Å². The molecule has 4 heteroatoms. The molecule has 0 unspecified atom stereocenters. The predicted octanol–water partition coefficient (Wildman–Crippen LogP) is 9.33. The summed E-state index contributed by atoms with van der Waals surface area (Å²) in [6, 6.07) is 33.1. The van der Waals surface area contributed by atoms with Crippen LogP contribution in [0.25, 0.3) is 55.0 Å². The van der Waals surface area contributed by atoms with Crippen LogP contribution >= 0.6 is 22.7 Å². The van der Waals surface area contributed by atoms with Crippen molar-refractivity contribution in [3.8, 4) is 55.0 Å². The van der Waals surface area contributed by atoms with Crippen LogP contribution in [0, 0.1) is 0 Å². The summed E-state index contributed by atoms with van der Waals surface area (Å²) >= 11 is 3.35. The van der Waals surface area contributed by atoms with E-state index in [9.17, 15) is 0 Å². The van der Waals surface area contributed by atoms with Gasteiger partial charge >= 0.3 is 0 Å². The van der Waals surface area contributed by atoms with Gasteiger partial charge in [-0.15, -0.1) is 22.7 Å². The molecule has 6 aromatic rings. The molecule has 0 saturated heterocycles. The molecule has 0 radical (unpaired) electrons. The molecule has 0 saturated carbocycles. The van der Waals surface area contributed by atoms with Crippen LogP contribution in [0.1, 0.15) is 0 Å². The summed E-state index contributed by atoms with van der Waals surface area (Å²) in [6.45, 7) is 0. The van der Waals surface area contributed by atoms with Crippen LogP contribution in [-0.4, -0.2) is 0 Å². The van der Waals surface area contributed by atoms with Gasteiger partial charge in [0.15, 0.2) is 0 Å². The van der Waals surface area contributed by atoms with Gasteiger partial charge in [0.25, 0.3) is 0 Å². The SMILES string of the molecule is c1ccc(-c2oc(-c3cccs3)cc2-c2cc(-c3cccs3)oc2-c2ccccc2)cc1. The molecular weight excluding hydrogens is 432 g/mol. The van der Waals surface area contributed by atoms with E-state index < -0.39 is 0 Å². The van der Waals surface area contributed by atoms with Gasteiger partial charge in [0.1, 0.15) is 23.0 Å². The second-order valence-corrected chi connectivity index (χ2v) is 9.29. The Morgan fingerprint density at radius 1 is 0.469 bits per heavy atom. The molecule has 32 heavy (non-hydrogen) atoms. The highest BCUT2D eigenvalue weighted by atomic mass is 32.1. The smallest absolute Gasteiger partial charge is 0.145 e. The molecule has 0 aliphatic rings. The number of thiophene rings is 2. The van der Waals surface area contributed by atoms with Crippen molar-refractivity contribution in [2.24, 2.45) is 0 Å². The molecule has 0 bridgehead atoms. The molecule has 0 N–H and O–H groups in total. The number of rotatable bonds is 5. The van der Waals surface area contributed by atoms with E-state index in [4.69, 9.17) is 8.83 Å². The Bertz CT molecular complexity index is 1320. The summed E-state index contributed by atoms with van der Waals surface area (Å²) in [6.07, 6.45) is 0. The van der Waals surface area contributed by atoms with E-state index >= 15 is 0 Å². The molecule has 0 aliphatic heterocycles. The summed E-state index contributed by atoms with van der Waals surface area (Å²) in [5.74, 6) is 3.44. The lowest BCUT2D eigenvalue weighted by Crippen LogP contribution is -1.81. The molecule has 154 valence electrons. The zero-order valence-corrected chi connectivity index (χ0v) is 18.7. The first kappa shape index (κ1) is 19.1. The maximum Gasteiger partial charge on any atom is 0.145 e. The molecule has 2 nitrogen and oxygen atoms in total. The minimum Gasteiger partial charge on any atom is -0.455 e. The van der Waals surface area contributed by atoms with E-state index in [1.165, 1.54) is 0 Å². The molecule has 6 rings (SSSR count). The van der Waals surface area contributed by atoms with Gasteiger partial charge in [-0.1, -0.05) is 72.8 Å². The van der Waals surface area contributed by atoms with Gasteiger partial charge in [0, 0.05) is 22.3 Å². The van der Waals surface area contributed by atoms with Crippen molar-refractivity contribution in [3.63, 3.8) is 0 Å². The first-order valence-electron chi connectivity index (χ1n) is 10.3. The number of hydrogen-bond donors (Lipinski definition) is 0. The van der Waals surface area contributed by atoms with Gasteiger partial charge < -0.3 is 8.83 Å².